The van der Waals surface area contributed by atoms with E-state index < -0.39 is 7.58 Å². The van der Waals surface area contributed by atoms with Crippen LogP contribution in [-0.4, -0.2) is 12.0 Å². The molecule has 3 fully saturated rings. The average Bonchev–Trinajstić information content (AvgIpc) is 1.67. The molecule has 0 aromatic heterocycles. The zero-order valence-corrected chi connectivity index (χ0v) is 5.37. The summed E-state index contributed by atoms with van der Waals surface area (Å²) in [7, 11) is -0.431. The Morgan fingerprint density at radius 2 is 2.57 bits per heavy atom. The van der Waals surface area contributed by atoms with Gasteiger partial charge >= 0.3 is 0 Å². The Bertz CT molecular complexity index is 69.5. The van der Waals surface area contributed by atoms with Crippen LogP contribution in [0.5, 0.6) is 0 Å². The van der Waals surface area contributed by atoms with Gasteiger partial charge in [0.25, 0.3) is 0 Å². The van der Waals surface area contributed by atoms with Crippen LogP contribution in [0.25, 0.3) is 0 Å². The highest BCUT2D eigenvalue weighted by atomic mass is 32.7. The molecule has 2 bridgehead atoms. The van der Waals surface area contributed by atoms with Crippen LogP contribution in [0.15, 0.2) is 0 Å². The third-order valence-electron chi connectivity index (χ3n) is 0.958. The third kappa shape index (κ3) is 0.685. The summed E-state index contributed by atoms with van der Waals surface area (Å²) in [6.45, 7) is 0.920. The molecule has 2 nitrogen and oxygen atoms in total. The first kappa shape index (κ1) is 4.57. The van der Waals surface area contributed by atoms with Crippen molar-refractivity contribution in [3.63, 3.8) is 0 Å². The highest BCUT2D eigenvalue weighted by molar-refractivity contribution is 8.55. The summed E-state index contributed by atoms with van der Waals surface area (Å²) < 4.78 is 10.3. The van der Waals surface area contributed by atoms with Crippen LogP contribution >= 0.6 is 19.0 Å². The molecule has 40 valence electrons. The summed E-state index contributed by atoms with van der Waals surface area (Å²) in [6, 6.07) is 0. The fourth-order valence-electron chi connectivity index (χ4n) is 0.590. The Kier molecular flexibility index (Phi) is 1.04. The molecular weight excluding hydrogens is 131 g/mol. The van der Waals surface area contributed by atoms with E-state index in [9.17, 15) is 0 Å². The fraction of sp³-hybridized carbons (Fsp3) is 1.00. The largest absolute Gasteiger partial charge is 0.326 e. The maximum absolute atomic E-state index is 5.18. The van der Waals surface area contributed by atoms with E-state index in [1.807, 2.05) is 11.4 Å². The summed E-state index contributed by atoms with van der Waals surface area (Å²) >= 11 is 1.84. The van der Waals surface area contributed by atoms with E-state index in [0.717, 1.165) is 13.0 Å². The lowest BCUT2D eigenvalue weighted by molar-refractivity contribution is 0.156. The van der Waals surface area contributed by atoms with Crippen molar-refractivity contribution in [3.05, 3.63) is 0 Å². The third-order valence-corrected chi connectivity index (χ3v) is 4.46. The second-order valence-electron chi connectivity index (χ2n) is 1.49. The molecule has 2 atom stereocenters. The molecule has 0 radical (unpaired) electrons. The Balaban J connectivity index is 1.99. The standard InChI is InChI=1S/C3H5O2PS/c1-2-4-6-5-3(1)7-6/h3H,1-2H2. The first-order chi connectivity index (χ1) is 3.45. The molecule has 3 rings (SSSR count). The second kappa shape index (κ2) is 1.59. The van der Waals surface area contributed by atoms with Crippen molar-refractivity contribution in [1.29, 1.82) is 0 Å². The van der Waals surface area contributed by atoms with E-state index in [1.165, 1.54) is 0 Å². The van der Waals surface area contributed by atoms with E-state index in [2.05, 4.69) is 0 Å². The van der Waals surface area contributed by atoms with Crippen LogP contribution in [0, 0.1) is 0 Å². The fourth-order valence-corrected chi connectivity index (χ4v) is 3.41. The minimum Gasteiger partial charge on any atom is -0.326 e. The van der Waals surface area contributed by atoms with Gasteiger partial charge in [0.1, 0.15) is 5.44 Å². The van der Waals surface area contributed by atoms with Crippen molar-refractivity contribution in [2.45, 2.75) is 11.9 Å². The maximum Gasteiger partial charge on any atom is 0.241 e. The van der Waals surface area contributed by atoms with Gasteiger partial charge < -0.3 is 9.05 Å². The van der Waals surface area contributed by atoms with Crippen molar-refractivity contribution in [1.82, 2.24) is 0 Å². The van der Waals surface area contributed by atoms with Gasteiger partial charge in [-0.25, -0.2) is 0 Å². The number of fused-ring (bicyclic) bond motifs is 2. The lowest BCUT2D eigenvalue weighted by Gasteiger charge is -2.37. The van der Waals surface area contributed by atoms with Gasteiger partial charge in [0, 0.05) is 6.42 Å². The number of hydrogen-bond acceptors (Lipinski definition) is 3. The summed E-state index contributed by atoms with van der Waals surface area (Å²) in [6.07, 6.45) is 1.09. The Morgan fingerprint density at radius 3 is 2.71 bits per heavy atom. The van der Waals surface area contributed by atoms with Gasteiger partial charge in [-0.05, 0) is 11.4 Å². The Morgan fingerprint density at radius 1 is 1.71 bits per heavy atom. The molecule has 3 aliphatic rings. The predicted octanol–water partition coefficient (Wildman–Crippen LogP) is 1.72. The van der Waals surface area contributed by atoms with Gasteiger partial charge in [0.2, 0.25) is 7.58 Å². The zero-order valence-electron chi connectivity index (χ0n) is 3.66. The van der Waals surface area contributed by atoms with E-state index in [-0.39, 0.29) is 0 Å². The van der Waals surface area contributed by atoms with Gasteiger partial charge in [-0.15, -0.1) is 0 Å². The lowest BCUT2D eigenvalue weighted by atomic mass is 10.5. The summed E-state index contributed by atoms with van der Waals surface area (Å²) in [5.74, 6) is 0. The van der Waals surface area contributed by atoms with Crippen molar-refractivity contribution in [3.8, 4) is 0 Å². The van der Waals surface area contributed by atoms with Crippen molar-refractivity contribution in [2.75, 3.05) is 6.61 Å². The Hall–Kier alpha value is 0.700. The van der Waals surface area contributed by atoms with Gasteiger partial charge in [-0.2, -0.15) is 0 Å². The monoisotopic (exact) mass is 136 g/mol. The molecule has 3 saturated heterocycles. The van der Waals surface area contributed by atoms with Gasteiger partial charge in [-0.1, -0.05) is 0 Å². The van der Waals surface area contributed by atoms with Gasteiger partial charge in [0.15, 0.2) is 0 Å². The molecule has 3 aliphatic heterocycles. The number of rotatable bonds is 0. The number of hydrogen-bond donors (Lipinski definition) is 0. The average molecular weight is 136 g/mol. The van der Waals surface area contributed by atoms with Crippen LogP contribution < -0.4 is 0 Å². The normalized spacial score (nSPS) is 48.0. The van der Waals surface area contributed by atoms with E-state index >= 15 is 0 Å². The molecule has 0 aromatic rings. The van der Waals surface area contributed by atoms with Crippen LogP contribution in [0.1, 0.15) is 6.42 Å². The highest BCUT2D eigenvalue weighted by Gasteiger charge is 2.37. The van der Waals surface area contributed by atoms with Crippen LogP contribution in [0.3, 0.4) is 0 Å². The topological polar surface area (TPSA) is 18.5 Å². The first-order valence-corrected chi connectivity index (χ1v) is 4.88. The Labute approximate surface area is 47.2 Å². The lowest BCUT2D eigenvalue weighted by Crippen LogP contribution is -2.21. The minimum absolute atomic E-state index is 0.431. The van der Waals surface area contributed by atoms with E-state index in [1.54, 1.807) is 0 Å². The van der Waals surface area contributed by atoms with Crippen LogP contribution in [0.4, 0.5) is 0 Å². The summed E-state index contributed by atoms with van der Waals surface area (Å²) in [4.78, 5) is 0. The molecule has 0 amide bonds. The van der Waals surface area contributed by atoms with Gasteiger partial charge in [-0.3, -0.25) is 0 Å². The SMILES string of the molecule is C1CC2OP(O1)S2. The highest BCUT2D eigenvalue weighted by Crippen LogP contribution is 2.69. The summed E-state index contributed by atoms with van der Waals surface area (Å²) in [5.41, 5.74) is 0.500. The smallest absolute Gasteiger partial charge is 0.241 e. The molecule has 3 heterocycles. The van der Waals surface area contributed by atoms with E-state index in [4.69, 9.17) is 9.05 Å². The molecule has 0 aliphatic carbocycles. The molecule has 2 unspecified atom stereocenters. The van der Waals surface area contributed by atoms with E-state index in [0.29, 0.717) is 5.44 Å². The van der Waals surface area contributed by atoms with Crippen molar-refractivity contribution < 1.29 is 9.05 Å². The van der Waals surface area contributed by atoms with Crippen LogP contribution in [-0.2, 0) is 9.05 Å². The first-order valence-electron chi connectivity index (χ1n) is 2.22. The quantitative estimate of drug-likeness (QED) is 0.472. The summed E-state index contributed by atoms with van der Waals surface area (Å²) in [5, 5.41) is 0. The molecule has 0 spiro atoms. The molecule has 7 heavy (non-hydrogen) atoms. The predicted molar refractivity (Wildman–Crippen MR) is 30.0 cm³/mol. The molecule has 0 N–H and O–H groups in total. The molecule has 0 aromatic carbocycles. The maximum atomic E-state index is 5.18. The zero-order chi connectivity index (χ0) is 4.69. The van der Waals surface area contributed by atoms with Crippen molar-refractivity contribution >= 4 is 19.0 Å². The molecular formula is C3H5O2PS. The van der Waals surface area contributed by atoms with Crippen LogP contribution in [0.2, 0.25) is 0 Å². The van der Waals surface area contributed by atoms with Gasteiger partial charge in [0.05, 0.1) is 6.61 Å². The molecule has 0 saturated carbocycles. The minimum atomic E-state index is -0.431. The van der Waals surface area contributed by atoms with Crippen molar-refractivity contribution in [2.24, 2.45) is 0 Å². The second-order valence-corrected chi connectivity index (χ2v) is 4.67. The molecule has 4 heteroatoms.